The Kier molecular flexibility index (Phi) is 3.97. The Labute approximate surface area is 150 Å². The molecule has 9 nitrogen and oxygen atoms in total. The number of rotatable bonds is 4. The van der Waals surface area contributed by atoms with Crippen molar-refractivity contribution < 1.29 is 8.42 Å². The van der Waals surface area contributed by atoms with Gasteiger partial charge >= 0.3 is 0 Å². The first kappa shape index (κ1) is 16.7. The van der Waals surface area contributed by atoms with E-state index in [1.165, 1.54) is 0 Å². The minimum absolute atomic E-state index is 0.246. The van der Waals surface area contributed by atoms with E-state index in [1.807, 2.05) is 13.0 Å². The van der Waals surface area contributed by atoms with Gasteiger partial charge in [-0.3, -0.25) is 0 Å². The summed E-state index contributed by atoms with van der Waals surface area (Å²) >= 11 is 0. The number of aryl methyl sites for hydroxylation is 1. The first-order valence-electron chi connectivity index (χ1n) is 8.19. The van der Waals surface area contributed by atoms with Gasteiger partial charge < -0.3 is 9.88 Å². The third-order valence-corrected chi connectivity index (χ3v) is 5.64. The maximum Gasteiger partial charge on any atom is 0.225 e. The maximum atomic E-state index is 11.8. The van der Waals surface area contributed by atoms with Gasteiger partial charge in [0.15, 0.2) is 11.4 Å². The van der Waals surface area contributed by atoms with Crippen LogP contribution in [0.25, 0.3) is 21.9 Å². The molecule has 0 saturated carbocycles. The van der Waals surface area contributed by atoms with Crippen LogP contribution < -0.4 is 9.62 Å². The van der Waals surface area contributed by atoms with Crippen LogP contribution in [0, 0.1) is 18.3 Å². The van der Waals surface area contributed by atoms with E-state index in [-0.39, 0.29) is 6.04 Å². The van der Waals surface area contributed by atoms with Gasteiger partial charge in [-0.1, -0.05) is 0 Å². The lowest BCUT2D eigenvalue weighted by Gasteiger charge is -2.20. The molecule has 4 heterocycles. The minimum Gasteiger partial charge on any atom is -0.354 e. The standard InChI is InChI=1S/C16H17N7O2S/c1-10-20-13-8-19-15-12(2-5-18-15)14(13)16(21-10)23-6-3-11(9-23)22-26(24,25)7-4-17/h2,5,8,11,22H,3,6-7,9H2,1H3,(H,20,21). The number of aromatic amines is 1. The lowest BCUT2D eigenvalue weighted by molar-refractivity contribution is 0.564. The molecule has 3 aromatic rings. The van der Waals surface area contributed by atoms with Crippen LogP contribution in [0.15, 0.2) is 18.5 Å². The average molecular weight is 371 g/mol. The van der Waals surface area contributed by atoms with Crippen molar-refractivity contribution in [1.29, 1.82) is 5.26 Å². The molecule has 0 aromatic carbocycles. The van der Waals surface area contributed by atoms with Crippen molar-refractivity contribution in [2.75, 3.05) is 23.7 Å². The van der Waals surface area contributed by atoms with E-state index in [0.29, 0.717) is 25.2 Å². The van der Waals surface area contributed by atoms with Crippen molar-refractivity contribution in [2.24, 2.45) is 0 Å². The van der Waals surface area contributed by atoms with Gasteiger partial charge in [-0.25, -0.2) is 28.1 Å². The van der Waals surface area contributed by atoms with Gasteiger partial charge in [0, 0.05) is 30.7 Å². The Hall–Kier alpha value is -2.77. The Morgan fingerprint density at radius 3 is 3.12 bits per heavy atom. The Bertz CT molecular complexity index is 1130. The Morgan fingerprint density at radius 1 is 1.46 bits per heavy atom. The number of aromatic nitrogens is 4. The van der Waals surface area contributed by atoms with Crippen molar-refractivity contribution in [3.05, 3.63) is 24.3 Å². The molecule has 134 valence electrons. The van der Waals surface area contributed by atoms with Crippen molar-refractivity contribution in [3.8, 4) is 6.07 Å². The quantitative estimate of drug-likeness (QED) is 0.695. The molecule has 0 amide bonds. The lowest BCUT2D eigenvalue weighted by Crippen LogP contribution is -2.38. The number of hydrogen-bond donors (Lipinski definition) is 2. The van der Waals surface area contributed by atoms with Crippen LogP contribution in [0.3, 0.4) is 0 Å². The molecule has 0 radical (unpaired) electrons. The molecular formula is C16H17N7O2S. The second kappa shape index (κ2) is 6.19. The van der Waals surface area contributed by atoms with Crippen molar-refractivity contribution in [1.82, 2.24) is 24.7 Å². The highest BCUT2D eigenvalue weighted by Crippen LogP contribution is 2.31. The zero-order valence-electron chi connectivity index (χ0n) is 14.1. The highest BCUT2D eigenvalue weighted by atomic mass is 32.2. The monoisotopic (exact) mass is 371 g/mol. The fraction of sp³-hybridized carbons (Fsp3) is 0.375. The maximum absolute atomic E-state index is 11.8. The van der Waals surface area contributed by atoms with Gasteiger partial charge in [0.2, 0.25) is 10.0 Å². The second-order valence-electron chi connectivity index (χ2n) is 6.34. The number of nitrogens with zero attached hydrogens (tertiary/aromatic N) is 5. The lowest BCUT2D eigenvalue weighted by atomic mass is 10.2. The van der Waals surface area contributed by atoms with E-state index in [0.717, 1.165) is 27.9 Å². The highest BCUT2D eigenvalue weighted by molar-refractivity contribution is 7.89. The summed E-state index contributed by atoms with van der Waals surface area (Å²) in [5.74, 6) is 1.01. The number of pyridine rings is 1. The molecule has 10 heteroatoms. The number of fused-ring (bicyclic) bond motifs is 3. The molecule has 1 unspecified atom stereocenters. The van der Waals surface area contributed by atoms with Gasteiger partial charge in [0.25, 0.3) is 0 Å². The first-order valence-corrected chi connectivity index (χ1v) is 9.84. The number of sulfonamides is 1. The summed E-state index contributed by atoms with van der Waals surface area (Å²) in [6.45, 7) is 3.04. The number of hydrogen-bond acceptors (Lipinski definition) is 7. The van der Waals surface area contributed by atoms with Crippen LogP contribution in [-0.2, 0) is 10.0 Å². The molecule has 0 bridgehead atoms. The fourth-order valence-corrected chi connectivity index (χ4v) is 4.34. The summed E-state index contributed by atoms with van der Waals surface area (Å²) in [6.07, 6.45) is 4.11. The van der Waals surface area contributed by atoms with Gasteiger partial charge in [-0.05, 0) is 19.4 Å². The summed E-state index contributed by atoms with van der Waals surface area (Å²) in [4.78, 5) is 18.6. The molecular weight excluding hydrogens is 354 g/mol. The molecule has 0 aliphatic carbocycles. The predicted molar refractivity (Wildman–Crippen MR) is 97.1 cm³/mol. The van der Waals surface area contributed by atoms with Crippen LogP contribution in [0.5, 0.6) is 0 Å². The normalized spacial score (nSPS) is 17.8. The smallest absolute Gasteiger partial charge is 0.225 e. The summed E-state index contributed by atoms with van der Waals surface area (Å²) in [5, 5.41) is 10.5. The van der Waals surface area contributed by atoms with Crippen molar-refractivity contribution >= 4 is 37.8 Å². The third-order valence-electron chi connectivity index (χ3n) is 4.43. The zero-order chi connectivity index (χ0) is 18.3. The molecule has 2 N–H and O–H groups in total. The van der Waals surface area contributed by atoms with E-state index in [9.17, 15) is 8.42 Å². The van der Waals surface area contributed by atoms with Gasteiger partial charge in [-0.2, -0.15) is 5.26 Å². The number of H-pyrrole nitrogens is 1. The van der Waals surface area contributed by atoms with Crippen LogP contribution in [0.2, 0.25) is 0 Å². The number of anilines is 1. The summed E-state index contributed by atoms with van der Waals surface area (Å²) in [5.41, 5.74) is 1.52. The van der Waals surface area contributed by atoms with E-state index >= 15 is 0 Å². The molecule has 1 aliphatic heterocycles. The second-order valence-corrected chi connectivity index (χ2v) is 8.10. The van der Waals surface area contributed by atoms with E-state index in [4.69, 9.17) is 5.26 Å². The topological polar surface area (TPSA) is 128 Å². The molecule has 1 saturated heterocycles. The number of nitrogens with one attached hydrogen (secondary N) is 2. The van der Waals surface area contributed by atoms with Crippen LogP contribution in [0.1, 0.15) is 12.2 Å². The number of nitriles is 1. The van der Waals surface area contributed by atoms with Crippen molar-refractivity contribution in [2.45, 2.75) is 19.4 Å². The van der Waals surface area contributed by atoms with Gasteiger partial charge in [0.05, 0.1) is 23.2 Å². The molecule has 1 fully saturated rings. The van der Waals surface area contributed by atoms with E-state index in [1.54, 1.807) is 18.5 Å². The predicted octanol–water partition coefficient (Wildman–Crippen LogP) is 0.836. The Morgan fingerprint density at radius 2 is 2.31 bits per heavy atom. The SMILES string of the molecule is Cc1nc(N2CCC(NS(=O)(=O)CC#N)C2)c2c(cnc3nccc32)[nH]1. The molecule has 3 aromatic heterocycles. The highest BCUT2D eigenvalue weighted by Gasteiger charge is 2.28. The van der Waals surface area contributed by atoms with Crippen LogP contribution in [-0.4, -0.2) is 53.2 Å². The van der Waals surface area contributed by atoms with Gasteiger partial charge in [0.1, 0.15) is 11.6 Å². The largest absolute Gasteiger partial charge is 0.354 e. The molecule has 4 rings (SSSR count). The van der Waals surface area contributed by atoms with E-state index < -0.39 is 15.8 Å². The molecule has 26 heavy (non-hydrogen) atoms. The molecule has 1 atom stereocenters. The summed E-state index contributed by atoms with van der Waals surface area (Å²) < 4.78 is 26.3. The van der Waals surface area contributed by atoms with Crippen LogP contribution in [0.4, 0.5) is 5.82 Å². The van der Waals surface area contributed by atoms with Gasteiger partial charge in [-0.15, -0.1) is 0 Å². The molecule has 0 spiro atoms. The summed E-state index contributed by atoms with van der Waals surface area (Å²) in [6, 6.07) is 3.34. The Balaban J connectivity index is 1.71. The van der Waals surface area contributed by atoms with E-state index in [2.05, 4.69) is 29.6 Å². The minimum atomic E-state index is -3.58. The summed E-state index contributed by atoms with van der Waals surface area (Å²) in [7, 11) is -3.58. The van der Waals surface area contributed by atoms with Crippen LogP contribution >= 0.6 is 0 Å². The first-order chi connectivity index (χ1) is 12.5. The zero-order valence-corrected chi connectivity index (χ0v) is 14.9. The fourth-order valence-electron chi connectivity index (χ4n) is 3.39. The van der Waals surface area contributed by atoms with Crippen molar-refractivity contribution in [3.63, 3.8) is 0 Å². The third kappa shape index (κ3) is 2.95. The average Bonchev–Trinajstić information content (AvgIpc) is 3.22. The molecule has 1 aliphatic rings.